The van der Waals surface area contributed by atoms with Crippen LogP contribution in [0, 0.1) is 0 Å². The molecule has 3 nitrogen and oxygen atoms in total. The van der Waals surface area contributed by atoms with Gasteiger partial charge in [0.25, 0.3) is 0 Å². The first-order chi connectivity index (χ1) is 10.2. The van der Waals surface area contributed by atoms with Gasteiger partial charge in [0.1, 0.15) is 6.26 Å². The quantitative estimate of drug-likeness (QED) is 0.551. The van der Waals surface area contributed by atoms with Crippen LogP contribution in [-0.2, 0) is 5.75 Å². The molecule has 3 rings (SSSR count). The lowest BCUT2D eigenvalue weighted by Gasteiger charge is -2.00. The van der Waals surface area contributed by atoms with E-state index in [2.05, 4.69) is 4.98 Å². The molecular weight excluding hydrogens is 304 g/mol. The van der Waals surface area contributed by atoms with Crippen molar-refractivity contribution in [1.29, 1.82) is 0 Å². The minimum Gasteiger partial charge on any atom is -0.444 e. The number of hydrogen-bond donors (Lipinski definition) is 1. The van der Waals surface area contributed by atoms with Crippen LogP contribution >= 0.6 is 23.4 Å². The van der Waals surface area contributed by atoms with Gasteiger partial charge < -0.3 is 10.2 Å². The molecule has 0 unspecified atom stereocenters. The Morgan fingerprint density at radius 2 is 1.95 bits per heavy atom. The predicted molar refractivity (Wildman–Crippen MR) is 87.4 cm³/mol. The molecule has 0 bridgehead atoms. The summed E-state index contributed by atoms with van der Waals surface area (Å²) in [5.41, 5.74) is 8.34. The second kappa shape index (κ2) is 6.24. The van der Waals surface area contributed by atoms with Gasteiger partial charge in [0.05, 0.1) is 5.69 Å². The molecule has 0 radical (unpaired) electrons. The number of nitrogens with zero attached hydrogens (tertiary/aromatic N) is 1. The molecular formula is C16H13ClN2OS. The highest BCUT2D eigenvalue weighted by molar-refractivity contribution is 7.98. The number of nitrogen functional groups attached to an aromatic ring is 1. The van der Waals surface area contributed by atoms with Crippen LogP contribution in [0.4, 0.5) is 5.69 Å². The second-order valence-corrected chi connectivity index (χ2v) is 6.00. The minimum absolute atomic E-state index is 0.606. The number of nitrogens with two attached hydrogens (primary N) is 1. The predicted octanol–water partition coefficient (Wildman–Crippen LogP) is 4.87. The summed E-state index contributed by atoms with van der Waals surface area (Å²) in [6.07, 6.45) is 1.68. The van der Waals surface area contributed by atoms with E-state index in [1.54, 1.807) is 18.0 Å². The molecule has 0 fully saturated rings. The summed E-state index contributed by atoms with van der Waals surface area (Å²) in [4.78, 5) is 5.60. The molecule has 0 atom stereocenters. The maximum absolute atomic E-state index is 5.87. The summed E-state index contributed by atoms with van der Waals surface area (Å²) in [5, 5.41) is 0.697. The van der Waals surface area contributed by atoms with Crippen molar-refractivity contribution in [1.82, 2.24) is 4.98 Å². The van der Waals surface area contributed by atoms with E-state index in [9.17, 15) is 0 Å². The summed E-state index contributed by atoms with van der Waals surface area (Å²) in [5.74, 6) is 1.34. The Hall–Kier alpha value is -1.91. The first-order valence-electron chi connectivity index (χ1n) is 6.39. The molecule has 0 aliphatic rings. The van der Waals surface area contributed by atoms with Crippen LogP contribution in [0.25, 0.3) is 11.5 Å². The topological polar surface area (TPSA) is 52.0 Å². The molecule has 2 N–H and O–H groups in total. The van der Waals surface area contributed by atoms with E-state index < -0.39 is 0 Å². The van der Waals surface area contributed by atoms with E-state index >= 15 is 0 Å². The summed E-state index contributed by atoms with van der Waals surface area (Å²) in [7, 11) is 0. The molecule has 3 aromatic rings. The molecule has 0 spiro atoms. The van der Waals surface area contributed by atoms with Crippen LogP contribution in [0.5, 0.6) is 0 Å². The van der Waals surface area contributed by atoms with Gasteiger partial charge >= 0.3 is 0 Å². The van der Waals surface area contributed by atoms with Crippen molar-refractivity contribution in [2.45, 2.75) is 10.6 Å². The molecule has 0 saturated carbocycles. The van der Waals surface area contributed by atoms with Crippen LogP contribution in [-0.4, -0.2) is 4.98 Å². The van der Waals surface area contributed by atoms with Crippen LogP contribution in [0.15, 0.2) is 64.1 Å². The zero-order valence-electron chi connectivity index (χ0n) is 11.1. The van der Waals surface area contributed by atoms with Gasteiger partial charge in [-0.2, -0.15) is 0 Å². The van der Waals surface area contributed by atoms with Crippen molar-refractivity contribution >= 4 is 29.1 Å². The molecule has 2 aromatic carbocycles. The van der Waals surface area contributed by atoms with E-state index in [0.29, 0.717) is 10.9 Å². The average molecular weight is 317 g/mol. The third kappa shape index (κ3) is 3.60. The van der Waals surface area contributed by atoms with Crippen LogP contribution in [0.2, 0.25) is 5.02 Å². The van der Waals surface area contributed by atoms with Crippen molar-refractivity contribution in [3.63, 3.8) is 0 Å². The number of rotatable bonds is 4. The fourth-order valence-electron chi connectivity index (χ4n) is 1.86. The summed E-state index contributed by atoms with van der Waals surface area (Å²) < 4.78 is 5.51. The number of halogens is 1. The molecule has 0 amide bonds. The van der Waals surface area contributed by atoms with Gasteiger partial charge in [0.2, 0.25) is 5.89 Å². The van der Waals surface area contributed by atoms with Gasteiger partial charge in [0, 0.05) is 26.9 Å². The van der Waals surface area contributed by atoms with E-state index in [-0.39, 0.29) is 0 Å². The zero-order valence-corrected chi connectivity index (χ0v) is 12.7. The first-order valence-corrected chi connectivity index (χ1v) is 7.76. The maximum atomic E-state index is 5.87. The lowest BCUT2D eigenvalue weighted by molar-refractivity contribution is 0.573. The van der Waals surface area contributed by atoms with Crippen LogP contribution < -0.4 is 5.73 Å². The van der Waals surface area contributed by atoms with Crippen molar-refractivity contribution in [3.05, 3.63) is 65.5 Å². The maximum Gasteiger partial charge on any atom is 0.226 e. The molecule has 0 aliphatic heterocycles. The minimum atomic E-state index is 0.606. The number of thioether (sulfide) groups is 1. The fraction of sp³-hybridized carbons (Fsp3) is 0.0625. The number of hydrogen-bond acceptors (Lipinski definition) is 4. The number of benzene rings is 2. The molecule has 5 heteroatoms. The van der Waals surface area contributed by atoms with Crippen LogP contribution in [0.3, 0.4) is 0 Å². The average Bonchev–Trinajstić information content (AvgIpc) is 2.95. The third-order valence-electron chi connectivity index (χ3n) is 2.89. The molecule has 1 aromatic heterocycles. The van der Waals surface area contributed by atoms with E-state index in [0.717, 1.165) is 27.6 Å². The Morgan fingerprint density at radius 3 is 2.71 bits per heavy atom. The molecule has 0 aliphatic carbocycles. The van der Waals surface area contributed by atoms with Gasteiger partial charge in [-0.25, -0.2) is 4.98 Å². The van der Waals surface area contributed by atoms with Gasteiger partial charge in [-0.05, 0) is 42.5 Å². The zero-order chi connectivity index (χ0) is 14.7. The highest BCUT2D eigenvalue weighted by atomic mass is 35.5. The van der Waals surface area contributed by atoms with Crippen molar-refractivity contribution in [2.75, 3.05) is 5.73 Å². The second-order valence-electron chi connectivity index (χ2n) is 4.51. The Bertz CT molecular complexity index is 740. The van der Waals surface area contributed by atoms with E-state index in [1.165, 1.54) is 0 Å². The number of aromatic nitrogens is 1. The Labute approximate surface area is 132 Å². The number of anilines is 1. The Balaban J connectivity index is 1.69. The molecule has 0 saturated heterocycles. The Kier molecular flexibility index (Phi) is 4.18. The summed E-state index contributed by atoms with van der Waals surface area (Å²) >= 11 is 7.55. The first kappa shape index (κ1) is 14.0. The van der Waals surface area contributed by atoms with Crippen molar-refractivity contribution < 1.29 is 4.42 Å². The van der Waals surface area contributed by atoms with Crippen molar-refractivity contribution in [2.24, 2.45) is 0 Å². The normalized spacial score (nSPS) is 10.7. The highest BCUT2D eigenvalue weighted by Gasteiger charge is 2.07. The standard InChI is InChI=1S/C16H13ClN2OS/c17-12-6-4-11(5-7-12)16-19-14(9-20-16)10-21-15-3-1-2-13(18)8-15/h1-9H,10,18H2. The molecule has 1 heterocycles. The smallest absolute Gasteiger partial charge is 0.226 e. The number of oxazole rings is 1. The molecule has 21 heavy (non-hydrogen) atoms. The van der Waals surface area contributed by atoms with Gasteiger partial charge in [0.15, 0.2) is 0 Å². The fourth-order valence-corrected chi connectivity index (χ4v) is 2.83. The lowest BCUT2D eigenvalue weighted by atomic mass is 10.2. The third-order valence-corrected chi connectivity index (χ3v) is 4.17. The monoisotopic (exact) mass is 316 g/mol. The lowest BCUT2D eigenvalue weighted by Crippen LogP contribution is -1.85. The van der Waals surface area contributed by atoms with Gasteiger partial charge in [-0.15, -0.1) is 11.8 Å². The summed E-state index contributed by atoms with van der Waals surface area (Å²) in [6, 6.07) is 15.2. The van der Waals surface area contributed by atoms with E-state index in [1.807, 2.05) is 48.5 Å². The molecule has 106 valence electrons. The van der Waals surface area contributed by atoms with E-state index in [4.69, 9.17) is 21.8 Å². The SMILES string of the molecule is Nc1cccc(SCc2coc(-c3ccc(Cl)cc3)n2)c1. The highest BCUT2D eigenvalue weighted by Crippen LogP contribution is 2.26. The van der Waals surface area contributed by atoms with Gasteiger partial charge in [-0.1, -0.05) is 17.7 Å². The largest absolute Gasteiger partial charge is 0.444 e. The Morgan fingerprint density at radius 1 is 1.14 bits per heavy atom. The van der Waals surface area contributed by atoms with Crippen molar-refractivity contribution in [3.8, 4) is 11.5 Å². The van der Waals surface area contributed by atoms with Gasteiger partial charge in [-0.3, -0.25) is 0 Å². The van der Waals surface area contributed by atoms with Crippen LogP contribution in [0.1, 0.15) is 5.69 Å². The summed E-state index contributed by atoms with van der Waals surface area (Å²) in [6.45, 7) is 0.